The van der Waals surface area contributed by atoms with Crippen LogP contribution in [0.2, 0.25) is 0 Å². The minimum atomic E-state index is -1.09. The van der Waals surface area contributed by atoms with E-state index in [-0.39, 0.29) is 11.1 Å². The Bertz CT molecular complexity index is 693. The van der Waals surface area contributed by atoms with Crippen LogP contribution >= 0.6 is 15.9 Å². The first kappa shape index (κ1) is 13.4. The summed E-state index contributed by atoms with van der Waals surface area (Å²) in [5, 5.41) is 8.94. The number of hydrogen-bond donors (Lipinski definition) is 1. The molecule has 2 aromatic rings. The van der Waals surface area contributed by atoms with Gasteiger partial charge in [0.25, 0.3) is 5.56 Å². The number of nitrogens with zero attached hydrogens (tertiary/aromatic N) is 1. The number of halogens is 1. The van der Waals surface area contributed by atoms with Crippen molar-refractivity contribution in [3.8, 4) is 11.4 Å². The Hall–Kier alpha value is -2.08. The molecule has 0 bridgehead atoms. The highest BCUT2D eigenvalue weighted by Gasteiger charge is 2.08. The molecule has 19 heavy (non-hydrogen) atoms. The Balaban J connectivity index is 2.61. The lowest BCUT2D eigenvalue weighted by molar-refractivity contribution is 0.0696. The lowest BCUT2D eigenvalue weighted by Crippen LogP contribution is -2.18. The summed E-state index contributed by atoms with van der Waals surface area (Å²) in [4.78, 5) is 22.7. The molecule has 0 radical (unpaired) electrons. The predicted octanol–water partition coefficient (Wildman–Crippen LogP) is 2.31. The summed E-state index contributed by atoms with van der Waals surface area (Å²) in [5.74, 6) is -0.525. The van der Waals surface area contributed by atoms with E-state index in [0.717, 1.165) is 4.47 Å². The number of aromatic carboxylic acids is 1. The molecule has 0 amide bonds. The summed E-state index contributed by atoms with van der Waals surface area (Å²) in [5.41, 5.74) is 0.268. The molecule has 0 aliphatic carbocycles. The van der Waals surface area contributed by atoms with Gasteiger partial charge in [-0.15, -0.1) is 0 Å². The number of aromatic nitrogens is 1. The third-order valence-electron chi connectivity index (χ3n) is 2.57. The van der Waals surface area contributed by atoms with Crippen molar-refractivity contribution in [3.05, 3.63) is 56.9 Å². The topological polar surface area (TPSA) is 68.5 Å². The van der Waals surface area contributed by atoms with Crippen molar-refractivity contribution in [1.82, 2.24) is 4.57 Å². The standard InChI is InChI=1S/C13H10BrNO4/c1-19-11-6-9(3-4-10(11)14)15-7-8(13(17)18)2-5-12(15)16/h2-7H,1H3,(H,17,18). The molecule has 2 rings (SSSR count). The molecule has 0 fully saturated rings. The molecule has 6 heteroatoms. The molecule has 5 nitrogen and oxygen atoms in total. The summed E-state index contributed by atoms with van der Waals surface area (Å²) in [7, 11) is 1.51. The zero-order valence-electron chi connectivity index (χ0n) is 9.96. The summed E-state index contributed by atoms with van der Waals surface area (Å²) in [6.07, 6.45) is 1.29. The van der Waals surface area contributed by atoms with Crippen LogP contribution in [-0.4, -0.2) is 22.8 Å². The number of pyridine rings is 1. The Morgan fingerprint density at radius 2 is 2.05 bits per heavy atom. The zero-order chi connectivity index (χ0) is 14.0. The van der Waals surface area contributed by atoms with E-state index < -0.39 is 5.97 Å². The second kappa shape index (κ2) is 5.27. The highest BCUT2D eigenvalue weighted by molar-refractivity contribution is 9.10. The van der Waals surface area contributed by atoms with E-state index in [1.807, 2.05) is 0 Å². The Morgan fingerprint density at radius 3 is 2.68 bits per heavy atom. The van der Waals surface area contributed by atoms with Gasteiger partial charge in [-0.1, -0.05) is 0 Å². The first-order valence-corrected chi connectivity index (χ1v) is 6.12. The molecule has 0 saturated heterocycles. The number of hydrogen-bond acceptors (Lipinski definition) is 3. The first-order valence-electron chi connectivity index (χ1n) is 5.33. The minimum Gasteiger partial charge on any atom is -0.495 e. The van der Waals surface area contributed by atoms with Crippen LogP contribution in [0.25, 0.3) is 5.69 Å². The predicted molar refractivity (Wildman–Crippen MR) is 73.3 cm³/mol. The van der Waals surface area contributed by atoms with Crippen LogP contribution in [0, 0.1) is 0 Å². The molecule has 0 aliphatic rings. The molecule has 0 aliphatic heterocycles. The smallest absolute Gasteiger partial charge is 0.337 e. The highest BCUT2D eigenvalue weighted by Crippen LogP contribution is 2.26. The number of methoxy groups -OCH3 is 1. The van der Waals surface area contributed by atoms with E-state index in [2.05, 4.69) is 15.9 Å². The van der Waals surface area contributed by atoms with E-state index in [1.54, 1.807) is 18.2 Å². The fourth-order valence-corrected chi connectivity index (χ4v) is 2.02. The Morgan fingerprint density at radius 1 is 1.32 bits per heavy atom. The van der Waals surface area contributed by atoms with Gasteiger partial charge < -0.3 is 9.84 Å². The number of ether oxygens (including phenoxy) is 1. The van der Waals surface area contributed by atoms with Crippen LogP contribution in [-0.2, 0) is 0 Å². The Labute approximate surface area is 117 Å². The van der Waals surface area contributed by atoms with E-state index in [4.69, 9.17) is 9.84 Å². The molecule has 0 atom stereocenters. The highest BCUT2D eigenvalue weighted by atomic mass is 79.9. The van der Waals surface area contributed by atoms with Crippen LogP contribution < -0.4 is 10.3 Å². The Kier molecular flexibility index (Phi) is 3.71. The monoisotopic (exact) mass is 323 g/mol. The van der Waals surface area contributed by atoms with E-state index in [0.29, 0.717) is 11.4 Å². The van der Waals surface area contributed by atoms with Gasteiger partial charge in [-0.2, -0.15) is 0 Å². The van der Waals surface area contributed by atoms with Crippen molar-refractivity contribution in [3.63, 3.8) is 0 Å². The maximum atomic E-state index is 11.8. The van der Waals surface area contributed by atoms with Crippen LogP contribution in [0.3, 0.4) is 0 Å². The molecular formula is C13H10BrNO4. The summed E-state index contributed by atoms with van der Waals surface area (Å²) >= 11 is 3.31. The van der Waals surface area contributed by atoms with Gasteiger partial charge in [0.1, 0.15) is 5.75 Å². The molecule has 1 aromatic heterocycles. The molecular weight excluding hydrogens is 314 g/mol. The van der Waals surface area contributed by atoms with Crippen LogP contribution in [0.5, 0.6) is 5.75 Å². The van der Waals surface area contributed by atoms with Crippen LogP contribution in [0.15, 0.2) is 45.8 Å². The van der Waals surface area contributed by atoms with Gasteiger partial charge in [0.15, 0.2) is 0 Å². The minimum absolute atomic E-state index is 0.0430. The molecule has 0 saturated carbocycles. The van der Waals surface area contributed by atoms with E-state index in [9.17, 15) is 9.59 Å². The molecule has 1 heterocycles. The SMILES string of the molecule is COc1cc(-n2cc(C(=O)O)ccc2=O)ccc1Br. The average molecular weight is 324 g/mol. The van der Waals surface area contributed by atoms with Crippen molar-refractivity contribution in [1.29, 1.82) is 0 Å². The lowest BCUT2D eigenvalue weighted by atomic mass is 10.2. The summed E-state index contributed by atoms with van der Waals surface area (Å²) < 4.78 is 7.16. The van der Waals surface area contributed by atoms with E-state index in [1.165, 1.54) is 30.0 Å². The maximum Gasteiger partial charge on any atom is 0.337 e. The van der Waals surface area contributed by atoms with Crippen LogP contribution in [0.1, 0.15) is 10.4 Å². The van der Waals surface area contributed by atoms with Crippen molar-refractivity contribution in [2.75, 3.05) is 7.11 Å². The molecule has 98 valence electrons. The first-order chi connectivity index (χ1) is 9.02. The van der Waals surface area contributed by atoms with Gasteiger partial charge in [-0.05, 0) is 34.1 Å². The lowest BCUT2D eigenvalue weighted by Gasteiger charge is -2.09. The van der Waals surface area contributed by atoms with Crippen molar-refractivity contribution >= 4 is 21.9 Å². The fourth-order valence-electron chi connectivity index (χ4n) is 1.61. The molecule has 1 aromatic carbocycles. The van der Waals surface area contributed by atoms with Gasteiger partial charge in [0.05, 0.1) is 22.8 Å². The van der Waals surface area contributed by atoms with Gasteiger partial charge in [-0.3, -0.25) is 9.36 Å². The molecule has 0 unspecified atom stereocenters. The van der Waals surface area contributed by atoms with Crippen LogP contribution in [0.4, 0.5) is 0 Å². The van der Waals surface area contributed by atoms with Crippen molar-refractivity contribution in [2.24, 2.45) is 0 Å². The summed E-state index contributed by atoms with van der Waals surface area (Å²) in [6.45, 7) is 0. The third-order valence-corrected chi connectivity index (χ3v) is 3.23. The number of benzene rings is 1. The number of carbonyl (C=O) groups is 1. The third kappa shape index (κ3) is 2.68. The largest absolute Gasteiger partial charge is 0.495 e. The second-order valence-corrected chi connectivity index (χ2v) is 4.60. The quantitative estimate of drug-likeness (QED) is 0.941. The average Bonchev–Trinajstić information content (AvgIpc) is 2.40. The number of rotatable bonds is 3. The van der Waals surface area contributed by atoms with Gasteiger partial charge in [-0.25, -0.2) is 4.79 Å². The summed E-state index contributed by atoms with van der Waals surface area (Å²) in [6, 6.07) is 7.57. The van der Waals surface area contributed by atoms with E-state index >= 15 is 0 Å². The van der Waals surface area contributed by atoms with Gasteiger partial charge in [0, 0.05) is 18.3 Å². The maximum absolute atomic E-state index is 11.8. The van der Waals surface area contributed by atoms with Gasteiger partial charge in [0.2, 0.25) is 0 Å². The normalized spacial score (nSPS) is 10.2. The second-order valence-electron chi connectivity index (χ2n) is 3.75. The van der Waals surface area contributed by atoms with Crippen molar-refractivity contribution in [2.45, 2.75) is 0 Å². The van der Waals surface area contributed by atoms with Gasteiger partial charge >= 0.3 is 5.97 Å². The zero-order valence-corrected chi connectivity index (χ0v) is 11.5. The van der Waals surface area contributed by atoms with Crippen molar-refractivity contribution < 1.29 is 14.6 Å². The number of carboxylic acid groups (broad SMARTS) is 1. The fraction of sp³-hybridized carbons (Fsp3) is 0.0769. The molecule has 1 N–H and O–H groups in total. The number of carboxylic acids is 1. The molecule has 0 spiro atoms.